The summed E-state index contributed by atoms with van der Waals surface area (Å²) in [6.45, 7) is 5.47. The maximum Gasteiger partial charge on any atom is 0.345 e. The minimum Gasteiger partial charge on any atom is -0.465 e. The van der Waals surface area contributed by atoms with E-state index in [1.807, 2.05) is 0 Å². The van der Waals surface area contributed by atoms with Crippen molar-refractivity contribution in [1.29, 1.82) is 0 Å². The van der Waals surface area contributed by atoms with Gasteiger partial charge in [0.05, 0.1) is 6.61 Å². The van der Waals surface area contributed by atoms with Crippen molar-refractivity contribution in [2.75, 3.05) is 6.61 Å². The summed E-state index contributed by atoms with van der Waals surface area (Å²) in [6.07, 6.45) is -0.474. The average molecular weight is 277 g/mol. The number of cyclic esters (lactones) is 1. The van der Waals surface area contributed by atoms with Crippen molar-refractivity contribution in [2.24, 2.45) is 5.92 Å². The normalized spacial score (nSPS) is 26.3. The Bertz CT molecular complexity index is 321. The molecular weight excluding hydrogens is 264 g/mol. The molecule has 1 rings (SSSR count). The first kappa shape index (κ1) is 12.2. The van der Waals surface area contributed by atoms with Gasteiger partial charge < -0.3 is 9.47 Å². The molecule has 0 aromatic heterocycles. The van der Waals surface area contributed by atoms with E-state index in [9.17, 15) is 9.59 Å². The van der Waals surface area contributed by atoms with Gasteiger partial charge in [-0.1, -0.05) is 0 Å². The van der Waals surface area contributed by atoms with Gasteiger partial charge in [0.25, 0.3) is 0 Å². The molecular formula is C10H13BrO4. The molecule has 0 saturated carbocycles. The van der Waals surface area contributed by atoms with Crippen molar-refractivity contribution in [3.63, 3.8) is 0 Å². The molecule has 0 spiro atoms. The third-order valence-electron chi connectivity index (χ3n) is 2.29. The van der Waals surface area contributed by atoms with Crippen molar-refractivity contribution in [1.82, 2.24) is 0 Å². The number of esters is 2. The van der Waals surface area contributed by atoms with Gasteiger partial charge in [-0.15, -0.1) is 0 Å². The molecule has 0 N–H and O–H groups in total. The van der Waals surface area contributed by atoms with Gasteiger partial charge >= 0.3 is 11.9 Å². The van der Waals surface area contributed by atoms with Gasteiger partial charge in [-0.25, -0.2) is 4.79 Å². The first-order chi connectivity index (χ1) is 6.99. The predicted octanol–water partition coefficient (Wildman–Crippen LogP) is 1.78. The van der Waals surface area contributed by atoms with Crippen LogP contribution < -0.4 is 0 Å². The van der Waals surface area contributed by atoms with Crippen molar-refractivity contribution < 1.29 is 19.1 Å². The summed E-state index contributed by atoms with van der Waals surface area (Å²) in [5.74, 6) is -1.29. The van der Waals surface area contributed by atoms with E-state index in [1.165, 1.54) is 0 Å². The summed E-state index contributed by atoms with van der Waals surface area (Å²) in [7, 11) is 0. The molecule has 0 amide bonds. The van der Waals surface area contributed by atoms with E-state index in [2.05, 4.69) is 15.9 Å². The van der Waals surface area contributed by atoms with Crippen LogP contribution in [0.2, 0.25) is 0 Å². The van der Waals surface area contributed by atoms with E-state index >= 15 is 0 Å². The smallest absolute Gasteiger partial charge is 0.345 e. The highest BCUT2D eigenvalue weighted by Crippen LogP contribution is 2.31. The van der Waals surface area contributed by atoms with Crippen molar-refractivity contribution >= 4 is 27.9 Å². The summed E-state index contributed by atoms with van der Waals surface area (Å²) in [5, 5.41) is 0. The zero-order valence-electron chi connectivity index (χ0n) is 8.87. The van der Waals surface area contributed by atoms with Crippen LogP contribution >= 0.6 is 15.9 Å². The molecule has 0 aliphatic carbocycles. The Labute approximate surface area is 96.7 Å². The van der Waals surface area contributed by atoms with Gasteiger partial charge in [0, 0.05) is 0 Å². The molecule has 1 aliphatic heterocycles. The molecule has 2 unspecified atom stereocenters. The predicted molar refractivity (Wildman–Crippen MR) is 57.3 cm³/mol. The van der Waals surface area contributed by atoms with E-state index in [-0.39, 0.29) is 5.97 Å². The highest BCUT2D eigenvalue weighted by Gasteiger charge is 2.37. The number of halogens is 1. The molecule has 0 bridgehead atoms. The zero-order valence-corrected chi connectivity index (χ0v) is 10.5. The fraction of sp³-hybridized carbons (Fsp3) is 0.600. The van der Waals surface area contributed by atoms with Crippen LogP contribution in [0.25, 0.3) is 0 Å². The second-order valence-electron chi connectivity index (χ2n) is 3.34. The summed E-state index contributed by atoms with van der Waals surface area (Å²) in [5.41, 5.74) is 0.664. The van der Waals surface area contributed by atoms with E-state index in [4.69, 9.17) is 9.47 Å². The van der Waals surface area contributed by atoms with E-state index in [0.29, 0.717) is 16.7 Å². The van der Waals surface area contributed by atoms with Crippen LogP contribution in [0.5, 0.6) is 0 Å². The minimum atomic E-state index is -0.503. The van der Waals surface area contributed by atoms with Crippen LogP contribution in [0.1, 0.15) is 20.8 Å². The molecule has 1 aliphatic rings. The van der Waals surface area contributed by atoms with Crippen LogP contribution in [-0.2, 0) is 19.1 Å². The van der Waals surface area contributed by atoms with E-state index < -0.39 is 18.0 Å². The number of hydrogen-bond donors (Lipinski definition) is 0. The molecule has 2 atom stereocenters. The number of carbonyl (C=O) groups is 2. The van der Waals surface area contributed by atoms with Crippen LogP contribution in [0.15, 0.2) is 10.1 Å². The molecule has 84 valence electrons. The molecule has 0 aromatic carbocycles. The summed E-state index contributed by atoms with van der Waals surface area (Å²) < 4.78 is 10.2. The van der Waals surface area contributed by atoms with Gasteiger partial charge in [-0.05, 0) is 42.3 Å². The Morgan fingerprint density at radius 2 is 2.20 bits per heavy atom. The second kappa shape index (κ2) is 4.79. The maximum atomic E-state index is 11.6. The van der Waals surface area contributed by atoms with Gasteiger partial charge in [-0.3, -0.25) is 4.79 Å². The Morgan fingerprint density at radius 1 is 1.60 bits per heavy atom. The number of carbonyl (C=O) groups excluding carboxylic acids is 2. The van der Waals surface area contributed by atoms with Gasteiger partial charge in [0.15, 0.2) is 0 Å². The van der Waals surface area contributed by atoms with Crippen LogP contribution in [0.3, 0.4) is 0 Å². The highest BCUT2D eigenvalue weighted by atomic mass is 79.9. The van der Waals surface area contributed by atoms with Crippen LogP contribution in [-0.4, -0.2) is 24.6 Å². The number of hydrogen-bond acceptors (Lipinski definition) is 4. The molecule has 0 radical (unpaired) electrons. The molecule has 4 nitrogen and oxygen atoms in total. The molecule has 0 saturated heterocycles. The first-order valence-corrected chi connectivity index (χ1v) is 5.52. The van der Waals surface area contributed by atoms with Gasteiger partial charge in [0.1, 0.15) is 16.5 Å². The van der Waals surface area contributed by atoms with Gasteiger partial charge in [0.2, 0.25) is 0 Å². The van der Waals surface area contributed by atoms with Crippen LogP contribution in [0.4, 0.5) is 0 Å². The maximum absolute atomic E-state index is 11.6. The topological polar surface area (TPSA) is 52.6 Å². The first-order valence-electron chi connectivity index (χ1n) is 4.72. The largest absolute Gasteiger partial charge is 0.465 e. The third-order valence-corrected chi connectivity index (χ3v) is 3.24. The SMILES string of the molecule is CCOC(=O)C1C(C)=C(Br)C(=O)OC1C. The third kappa shape index (κ3) is 2.40. The standard InChI is InChI=1S/C10H13BrO4/c1-4-14-9(12)7-5(2)8(11)10(13)15-6(7)3/h6-7H,4H2,1-3H3. The Kier molecular flexibility index (Phi) is 3.90. The summed E-state index contributed by atoms with van der Waals surface area (Å²) in [4.78, 5) is 22.9. The quantitative estimate of drug-likeness (QED) is 0.722. The Morgan fingerprint density at radius 3 is 2.73 bits per heavy atom. The molecule has 0 aromatic rings. The monoisotopic (exact) mass is 276 g/mol. The minimum absolute atomic E-state index is 0.318. The van der Waals surface area contributed by atoms with Crippen molar-refractivity contribution in [2.45, 2.75) is 26.9 Å². The lowest BCUT2D eigenvalue weighted by Crippen LogP contribution is -2.37. The van der Waals surface area contributed by atoms with Gasteiger partial charge in [-0.2, -0.15) is 0 Å². The average Bonchev–Trinajstić information content (AvgIpc) is 2.15. The molecule has 5 heteroatoms. The summed E-state index contributed by atoms with van der Waals surface area (Å²) >= 11 is 3.10. The number of ether oxygens (including phenoxy) is 2. The lowest BCUT2D eigenvalue weighted by Gasteiger charge is -2.28. The lowest BCUT2D eigenvalue weighted by atomic mass is 9.93. The van der Waals surface area contributed by atoms with Crippen molar-refractivity contribution in [3.8, 4) is 0 Å². The highest BCUT2D eigenvalue weighted by molar-refractivity contribution is 9.12. The zero-order chi connectivity index (χ0) is 11.6. The van der Waals surface area contributed by atoms with Crippen LogP contribution in [0, 0.1) is 5.92 Å². The van der Waals surface area contributed by atoms with Crippen molar-refractivity contribution in [3.05, 3.63) is 10.1 Å². The Hall–Kier alpha value is -0.840. The molecule has 15 heavy (non-hydrogen) atoms. The van der Waals surface area contributed by atoms with E-state index in [0.717, 1.165) is 0 Å². The lowest BCUT2D eigenvalue weighted by molar-refractivity contribution is -0.158. The second-order valence-corrected chi connectivity index (χ2v) is 4.13. The summed E-state index contributed by atoms with van der Waals surface area (Å²) in [6, 6.07) is 0. The number of rotatable bonds is 2. The fourth-order valence-electron chi connectivity index (χ4n) is 1.54. The Balaban J connectivity index is 2.97. The molecule has 0 fully saturated rings. The van der Waals surface area contributed by atoms with E-state index in [1.54, 1.807) is 20.8 Å². The fourth-order valence-corrected chi connectivity index (χ4v) is 1.88. The molecule has 1 heterocycles.